The van der Waals surface area contributed by atoms with Crippen molar-refractivity contribution < 1.29 is 9.53 Å². The van der Waals surface area contributed by atoms with Crippen LogP contribution in [0.1, 0.15) is 25.7 Å². The van der Waals surface area contributed by atoms with Crippen LogP contribution in [-0.4, -0.2) is 42.6 Å². The summed E-state index contributed by atoms with van der Waals surface area (Å²) >= 11 is 0. The summed E-state index contributed by atoms with van der Waals surface area (Å²) in [6.07, 6.45) is 3.78. The second-order valence-corrected chi connectivity index (χ2v) is 4.23. The predicted octanol–water partition coefficient (Wildman–Crippen LogP) is 0.115. The maximum Gasteiger partial charge on any atom is 0.225 e. The Hall–Kier alpha value is -0.610. The summed E-state index contributed by atoms with van der Waals surface area (Å²) in [6, 6.07) is 0.184. The zero-order chi connectivity index (χ0) is 9.97. The van der Waals surface area contributed by atoms with Crippen LogP contribution in [-0.2, 0) is 9.53 Å². The second kappa shape index (κ2) is 4.28. The van der Waals surface area contributed by atoms with Crippen molar-refractivity contribution in [1.29, 1.82) is 0 Å². The second-order valence-electron chi connectivity index (χ2n) is 4.23. The van der Waals surface area contributed by atoms with Crippen LogP contribution in [0.25, 0.3) is 0 Å². The number of hydrogen-bond acceptors (Lipinski definition) is 3. The molecule has 0 bridgehead atoms. The fourth-order valence-corrected chi connectivity index (χ4v) is 2.14. The highest BCUT2D eigenvalue weighted by Crippen LogP contribution is 2.18. The van der Waals surface area contributed by atoms with Crippen molar-refractivity contribution in [3.63, 3.8) is 0 Å². The number of nitrogens with two attached hydrogens (primary N) is 1. The number of amides is 1. The predicted molar refractivity (Wildman–Crippen MR) is 52.8 cm³/mol. The highest BCUT2D eigenvalue weighted by Gasteiger charge is 2.27. The smallest absolute Gasteiger partial charge is 0.225 e. The summed E-state index contributed by atoms with van der Waals surface area (Å²) in [6.45, 7) is 2.37. The average molecular weight is 198 g/mol. The first-order valence-electron chi connectivity index (χ1n) is 5.40. The van der Waals surface area contributed by atoms with Crippen LogP contribution >= 0.6 is 0 Å². The van der Waals surface area contributed by atoms with Gasteiger partial charge in [-0.1, -0.05) is 0 Å². The lowest BCUT2D eigenvalue weighted by Gasteiger charge is -2.17. The van der Waals surface area contributed by atoms with Crippen molar-refractivity contribution in [2.45, 2.75) is 37.8 Å². The van der Waals surface area contributed by atoms with E-state index >= 15 is 0 Å². The van der Waals surface area contributed by atoms with E-state index in [0.29, 0.717) is 6.42 Å². The van der Waals surface area contributed by atoms with Crippen LogP contribution in [0, 0.1) is 0 Å². The van der Waals surface area contributed by atoms with Crippen LogP contribution in [0.4, 0.5) is 0 Å². The molecule has 2 aliphatic heterocycles. The Morgan fingerprint density at radius 3 is 2.93 bits per heavy atom. The molecular formula is C10H18N2O2. The largest absolute Gasteiger partial charge is 0.378 e. The third kappa shape index (κ3) is 2.25. The van der Waals surface area contributed by atoms with E-state index in [4.69, 9.17) is 10.5 Å². The van der Waals surface area contributed by atoms with E-state index in [0.717, 1.165) is 39.0 Å². The van der Waals surface area contributed by atoms with Gasteiger partial charge in [0.05, 0.1) is 12.5 Å². The number of likely N-dealkylation sites (tertiary alicyclic amines) is 1. The van der Waals surface area contributed by atoms with E-state index in [1.54, 1.807) is 0 Å². The van der Waals surface area contributed by atoms with Crippen LogP contribution in [0.15, 0.2) is 0 Å². The molecule has 1 unspecified atom stereocenters. The first-order valence-corrected chi connectivity index (χ1v) is 5.40. The number of carbonyl (C=O) groups is 1. The van der Waals surface area contributed by atoms with E-state index in [2.05, 4.69) is 0 Å². The molecule has 0 aromatic carbocycles. The monoisotopic (exact) mass is 198 g/mol. The molecule has 1 amide bonds. The van der Waals surface area contributed by atoms with Gasteiger partial charge in [0.1, 0.15) is 0 Å². The molecule has 0 saturated carbocycles. The molecule has 0 spiro atoms. The molecule has 2 aliphatic rings. The van der Waals surface area contributed by atoms with Gasteiger partial charge in [-0.3, -0.25) is 4.79 Å². The molecule has 2 fully saturated rings. The summed E-state index contributed by atoms with van der Waals surface area (Å²) in [5.74, 6) is 0.213. The molecule has 4 nitrogen and oxygen atoms in total. The van der Waals surface area contributed by atoms with Crippen LogP contribution < -0.4 is 5.73 Å². The summed E-state index contributed by atoms with van der Waals surface area (Å²) in [5.41, 5.74) is 5.75. The van der Waals surface area contributed by atoms with Gasteiger partial charge in [0.2, 0.25) is 5.91 Å². The molecule has 4 heteroatoms. The molecule has 2 N–H and O–H groups in total. The Kier molecular flexibility index (Phi) is 3.03. The number of nitrogens with zero attached hydrogens (tertiary/aromatic N) is 1. The third-order valence-electron chi connectivity index (χ3n) is 3.00. The molecular weight excluding hydrogens is 180 g/mol. The summed E-state index contributed by atoms with van der Waals surface area (Å²) in [5, 5.41) is 0. The normalized spacial score (nSPS) is 32.5. The van der Waals surface area contributed by atoms with Gasteiger partial charge in [-0.2, -0.15) is 0 Å². The van der Waals surface area contributed by atoms with Gasteiger partial charge in [0.25, 0.3) is 0 Å². The Morgan fingerprint density at radius 1 is 1.50 bits per heavy atom. The van der Waals surface area contributed by atoms with E-state index < -0.39 is 0 Å². The van der Waals surface area contributed by atoms with E-state index in [-0.39, 0.29) is 18.1 Å². The highest BCUT2D eigenvalue weighted by molar-refractivity contribution is 5.77. The fraction of sp³-hybridized carbons (Fsp3) is 0.900. The topological polar surface area (TPSA) is 55.6 Å². The quantitative estimate of drug-likeness (QED) is 0.685. The van der Waals surface area contributed by atoms with Crippen molar-refractivity contribution in [1.82, 2.24) is 4.90 Å². The van der Waals surface area contributed by atoms with Crippen molar-refractivity contribution in [3.05, 3.63) is 0 Å². The van der Waals surface area contributed by atoms with Crippen molar-refractivity contribution >= 4 is 5.91 Å². The van der Waals surface area contributed by atoms with Crippen molar-refractivity contribution in [2.24, 2.45) is 5.73 Å². The van der Waals surface area contributed by atoms with Gasteiger partial charge in [0, 0.05) is 25.7 Å². The third-order valence-corrected chi connectivity index (χ3v) is 3.00. The summed E-state index contributed by atoms with van der Waals surface area (Å²) < 4.78 is 5.43. The highest BCUT2D eigenvalue weighted by atomic mass is 16.5. The van der Waals surface area contributed by atoms with E-state index in [1.165, 1.54) is 0 Å². The van der Waals surface area contributed by atoms with Gasteiger partial charge in [0.15, 0.2) is 0 Å². The lowest BCUT2D eigenvalue weighted by molar-refractivity contribution is -0.132. The molecule has 0 aromatic rings. The van der Waals surface area contributed by atoms with Crippen LogP contribution in [0.3, 0.4) is 0 Å². The average Bonchev–Trinajstić information content (AvgIpc) is 2.75. The van der Waals surface area contributed by atoms with Crippen LogP contribution in [0.2, 0.25) is 0 Å². The van der Waals surface area contributed by atoms with Gasteiger partial charge in [-0.05, 0) is 19.3 Å². The zero-order valence-electron chi connectivity index (χ0n) is 8.45. The van der Waals surface area contributed by atoms with Gasteiger partial charge in [-0.25, -0.2) is 0 Å². The number of hydrogen-bond donors (Lipinski definition) is 1. The number of rotatable bonds is 2. The minimum absolute atomic E-state index is 0.166. The molecule has 2 saturated heterocycles. The van der Waals surface area contributed by atoms with Gasteiger partial charge >= 0.3 is 0 Å². The minimum Gasteiger partial charge on any atom is -0.378 e. The van der Waals surface area contributed by atoms with E-state index in [9.17, 15) is 4.79 Å². The van der Waals surface area contributed by atoms with Crippen LogP contribution in [0.5, 0.6) is 0 Å². The molecule has 80 valence electrons. The standard InChI is InChI=1S/C10H18N2O2/c11-8-3-4-12(7-8)10(13)6-9-2-1-5-14-9/h8-9H,1-7,11H2/t8-,9?/m1/s1. The lowest BCUT2D eigenvalue weighted by atomic mass is 10.1. The molecule has 2 heterocycles. The summed E-state index contributed by atoms with van der Waals surface area (Å²) in [7, 11) is 0. The van der Waals surface area contributed by atoms with E-state index in [1.807, 2.05) is 4.90 Å². The molecule has 0 aliphatic carbocycles. The maximum atomic E-state index is 11.7. The Morgan fingerprint density at radius 2 is 2.36 bits per heavy atom. The number of ether oxygens (including phenoxy) is 1. The molecule has 2 atom stereocenters. The van der Waals surface area contributed by atoms with Gasteiger partial charge < -0.3 is 15.4 Å². The van der Waals surface area contributed by atoms with Gasteiger partial charge in [-0.15, -0.1) is 0 Å². The Balaban J connectivity index is 1.77. The maximum absolute atomic E-state index is 11.7. The van der Waals surface area contributed by atoms with Crippen molar-refractivity contribution in [3.8, 4) is 0 Å². The number of carbonyl (C=O) groups excluding carboxylic acids is 1. The molecule has 14 heavy (non-hydrogen) atoms. The molecule has 0 radical (unpaired) electrons. The lowest BCUT2D eigenvalue weighted by Crippen LogP contribution is -2.33. The summed E-state index contributed by atoms with van der Waals surface area (Å²) in [4.78, 5) is 13.6. The zero-order valence-corrected chi connectivity index (χ0v) is 8.45. The minimum atomic E-state index is 0.166. The first-order chi connectivity index (χ1) is 6.75. The molecule has 2 rings (SSSR count). The fourth-order valence-electron chi connectivity index (χ4n) is 2.14. The Labute approximate surface area is 84.4 Å². The Bertz CT molecular complexity index is 214. The SMILES string of the molecule is N[C@@H]1CCN(C(=O)CC2CCCO2)C1. The van der Waals surface area contributed by atoms with Crippen molar-refractivity contribution in [2.75, 3.05) is 19.7 Å². The molecule has 0 aromatic heterocycles. The first kappa shape index (κ1) is 9.93.